The van der Waals surface area contributed by atoms with Crippen LogP contribution < -0.4 is 9.61 Å². The van der Waals surface area contributed by atoms with Gasteiger partial charge < -0.3 is 9.84 Å². The summed E-state index contributed by atoms with van der Waals surface area (Å²) in [7, 11) is 0. The predicted octanol–water partition coefficient (Wildman–Crippen LogP) is 4.12. The first kappa shape index (κ1) is 18.4. The van der Waals surface area contributed by atoms with Gasteiger partial charge in [0.05, 0.1) is 27.4 Å². The van der Waals surface area contributed by atoms with E-state index in [0.717, 1.165) is 17.0 Å². The number of thiazole rings is 1. The SMILES string of the molecule is CC[C@@H](Oc1cc2sc(=O)n(CCC(=O)O)c2cc1Cl)c1ccccn1. The summed E-state index contributed by atoms with van der Waals surface area (Å²) in [5, 5.41) is 9.21. The molecule has 0 aliphatic rings. The van der Waals surface area contributed by atoms with E-state index in [1.807, 2.05) is 25.1 Å². The second kappa shape index (κ2) is 7.88. The van der Waals surface area contributed by atoms with Crippen molar-refractivity contribution >= 4 is 39.1 Å². The summed E-state index contributed by atoms with van der Waals surface area (Å²) in [5.74, 6) is -0.480. The lowest BCUT2D eigenvalue weighted by atomic mass is 10.2. The molecule has 0 unspecified atom stereocenters. The van der Waals surface area contributed by atoms with Crippen LogP contribution in [-0.2, 0) is 11.3 Å². The normalized spacial score (nSPS) is 12.2. The molecule has 2 aromatic heterocycles. The minimum Gasteiger partial charge on any atom is -0.483 e. The predicted molar refractivity (Wildman–Crippen MR) is 101 cm³/mol. The van der Waals surface area contributed by atoms with E-state index < -0.39 is 5.97 Å². The van der Waals surface area contributed by atoms with Crippen molar-refractivity contribution in [3.8, 4) is 5.75 Å². The van der Waals surface area contributed by atoms with Crippen molar-refractivity contribution in [2.75, 3.05) is 0 Å². The molecule has 1 N–H and O–H groups in total. The van der Waals surface area contributed by atoms with Crippen LogP contribution in [0.15, 0.2) is 41.3 Å². The Bertz CT molecular complexity index is 984. The number of hydrogen-bond donors (Lipinski definition) is 1. The minimum atomic E-state index is -0.955. The molecule has 1 atom stereocenters. The summed E-state index contributed by atoms with van der Waals surface area (Å²) < 4.78 is 8.18. The van der Waals surface area contributed by atoms with Crippen LogP contribution in [-0.4, -0.2) is 20.6 Å². The largest absolute Gasteiger partial charge is 0.483 e. The fourth-order valence-corrected chi connectivity index (χ4v) is 3.78. The number of carbonyl (C=O) groups is 1. The summed E-state index contributed by atoms with van der Waals surface area (Å²) in [6.45, 7) is 2.10. The number of carboxylic acid groups (broad SMARTS) is 1. The smallest absolute Gasteiger partial charge is 0.308 e. The zero-order chi connectivity index (χ0) is 18.7. The van der Waals surface area contributed by atoms with Gasteiger partial charge >= 0.3 is 10.8 Å². The number of aromatic nitrogens is 2. The first-order valence-corrected chi connectivity index (χ1v) is 9.31. The molecule has 3 rings (SSSR count). The number of halogens is 1. The molecule has 0 amide bonds. The quantitative estimate of drug-likeness (QED) is 0.654. The average molecular weight is 393 g/mol. The molecule has 136 valence electrons. The number of aryl methyl sites for hydroxylation is 1. The Kier molecular flexibility index (Phi) is 5.58. The molecular weight excluding hydrogens is 376 g/mol. The Morgan fingerprint density at radius 2 is 2.23 bits per heavy atom. The lowest BCUT2D eigenvalue weighted by molar-refractivity contribution is -0.137. The standard InChI is InChI=1S/C18H17ClN2O4S/c1-2-14(12-5-3-4-7-20-12)25-15-10-16-13(9-11(15)19)21(18(24)26-16)8-6-17(22)23/h3-5,7,9-10,14H,2,6,8H2,1H3,(H,22,23)/t14-/m1/s1. The third-order valence-electron chi connectivity index (χ3n) is 3.93. The molecule has 3 aromatic rings. The molecule has 0 bridgehead atoms. The van der Waals surface area contributed by atoms with Gasteiger partial charge in [0, 0.05) is 18.8 Å². The monoisotopic (exact) mass is 392 g/mol. The van der Waals surface area contributed by atoms with Crippen LogP contribution in [0.1, 0.15) is 31.6 Å². The molecule has 0 aliphatic carbocycles. The Hall–Kier alpha value is -2.38. The molecule has 0 fully saturated rings. The zero-order valence-electron chi connectivity index (χ0n) is 14.0. The van der Waals surface area contributed by atoms with E-state index in [4.69, 9.17) is 21.4 Å². The van der Waals surface area contributed by atoms with E-state index in [1.165, 1.54) is 4.57 Å². The number of aliphatic carboxylic acids is 1. The van der Waals surface area contributed by atoms with E-state index in [2.05, 4.69) is 4.98 Å². The van der Waals surface area contributed by atoms with Gasteiger partial charge in [0.2, 0.25) is 0 Å². The number of carboxylic acids is 1. The van der Waals surface area contributed by atoms with Gasteiger partial charge in [0.25, 0.3) is 0 Å². The fraction of sp³-hybridized carbons (Fsp3) is 0.278. The molecule has 0 saturated carbocycles. The van der Waals surface area contributed by atoms with Gasteiger partial charge in [-0.05, 0) is 24.6 Å². The molecule has 1 aromatic carbocycles. The summed E-state index contributed by atoms with van der Waals surface area (Å²) in [6.07, 6.45) is 2.04. The molecule has 0 saturated heterocycles. The Morgan fingerprint density at radius 3 is 2.88 bits per heavy atom. The van der Waals surface area contributed by atoms with Crippen molar-refractivity contribution in [1.82, 2.24) is 9.55 Å². The van der Waals surface area contributed by atoms with Crippen molar-refractivity contribution in [3.05, 3.63) is 56.9 Å². The lowest BCUT2D eigenvalue weighted by Gasteiger charge is -2.18. The highest BCUT2D eigenvalue weighted by Gasteiger charge is 2.17. The average Bonchev–Trinajstić information content (AvgIpc) is 2.92. The fourth-order valence-electron chi connectivity index (χ4n) is 2.65. The lowest BCUT2D eigenvalue weighted by Crippen LogP contribution is -2.15. The number of benzene rings is 1. The molecular formula is C18H17ClN2O4S. The molecule has 0 radical (unpaired) electrons. The topological polar surface area (TPSA) is 81.4 Å². The maximum absolute atomic E-state index is 12.2. The molecule has 2 heterocycles. The molecule has 26 heavy (non-hydrogen) atoms. The van der Waals surface area contributed by atoms with E-state index in [-0.39, 0.29) is 23.9 Å². The van der Waals surface area contributed by atoms with Gasteiger partial charge in [-0.2, -0.15) is 0 Å². The highest BCUT2D eigenvalue weighted by molar-refractivity contribution is 7.16. The Labute approximate surface area is 158 Å². The van der Waals surface area contributed by atoms with Crippen molar-refractivity contribution in [1.29, 1.82) is 0 Å². The van der Waals surface area contributed by atoms with Gasteiger partial charge in [-0.25, -0.2) is 0 Å². The van der Waals surface area contributed by atoms with E-state index >= 15 is 0 Å². The van der Waals surface area contributed by atoms with E-state index in [1.54, 1.807) is 18.3 Å². The van der Waals surface area contributed by atoms with Gasteiger partial charge in [-0.15, -0.1) is 0 Å². The number of ether oxygens (including phenoxy) is 1. The van der Waals surface area contributed by atoms with Crippen LogP contribution in [0.3, 0.4) is 0 Å². The van der Waals surface area contributed by atoms with Crippen LogP contribution in [0.2, 0.25) is 5.02 Å². The maximum Gasteiger partial charge on any atom is 0.308 e. The number of nitrogens with zero attached hydrogens (tertiary/aromatic N) is 2. The highest BCUT2D eigenvalue weighted by atomic mass is 35.5. The van der Waals surface area contributed by atoms with E-state index in [0.29, 0.717) is 27.4 Å². The highest BCUT2D eigenvalue weighted by Crippen LogP contribution is 2.35. The molecule has 0 spiro atoms. The van der Waals surface area contributed by atoms with Crippen LogP contribution in [0, 0.1) is 0 Å². The number of rotatable bonds is 7. The first-order valence-electron chi connectivity index (χ1n) is 8.12. The first-order chi connectivity index (χ1) is 12.5. The van der Waals surface area contributed by atoms with Gasteiger partial charge in [-0.1, -0.05) is 35.9 Å². The van der Waals surface area contributed by atoms with Gasteiger partial charge in [0.15, 0.2) is 0 Å². The van der Waals surface area contributed by atoms with Crippen molar-refractivity contribution < 1.29 is 14.6 Å². The molecule has 8 heteroatoms. The van der Waals surface area contributed by atoms with Crippen LogP contribution in [0.5, 0.6) is 5.75 Å². The third kappa shape index (κ3) is 3.89. The second-order valence-corrected chi connectivity index (χ2v) is 7.08. The minimum absolute atomic E-state index is 0.107. The summed E-state index contributed by atoms with van der Waals surface area (Å²) in [5.41, 5.74) is 1.42. The van der Waals surface area contributed by atoms with Crippen LogP contribution in [0.4, 0.5) is 0 Å². The van der Waals surface area contributed by atoms with Crippen LogP contribution >= 0.6 is 22.9 Å². The van der Waals surface area contributed by atoms with Gasteiger partial charge in [0.1, 0.15) is 11.9 Å². The number of pyridine rings is 1. The van der Waals surface area contributed by atoms with Gasteiger partial charge in [-0.3, -0.25) is 19.1 Å². The summed E-state index contributed by atoms with van der Waals surface area (Å²) in [6, 6.07) is 9.01. The molecule has 0 aliphatic heterocycles. The third-order valence-corrected chi connectivity index (χ3v) is 5.17. The number of hydrogen-bond acceptors (Lipinski definition) is 5. The Balaban J connectivity index is 1.94. The summed E-state index contributed by atoms with van der Waals surface area (Å²) in [4.78, 5) is 27.1. The van der Waals surface area contributed by atoms with Crippen LogP contribution in [0.25, 0.3) is 10.2 Å². The number of fused-ring (bicyclic) bond motifs is 1. The maximum atomic E-state index is 12.2. The Morgan fingerprint density at radius 1 is 1.42 bits per heavy atom. The summed E-state index contributed by atoms with van der Waals surface area (Å²) >= 11 is 7.41. The van der Waals surface area contributed by atoms with Crippen molar-refractivity contribution in [3.63, 3.8) is 0 Å². The second-order valence-electron chi connectivity index (χ2n) is 5.68. The van der Waals surface area contributed by atoms with Crippen molar-refractivity contribution in [2.24, 2.45) is 0 Å². The van der Waals surface area contributed by atoms with E-state index in [9.17, 15) is 9.59 Å². The molecule has 6 nitrogen and oxygen atoms in total. The zero-order valence-corrected chi connectivity index (χ0v) is 15.6. The van der Waals surface area contributed by atoms with Crippen molar-refractivity contribution in [2.45, 2.75) is 32.4 Å².